The summed E-state index contributed by atoms with van der Waals surface area (Å²) in [6, 6.07) is 8.78. The number of esters is 1. The van der Waals surface area contributed by atoms with Crippen molar-refractivity contribution in [3.8, 4) is 11.5 Å². The highest BCUT2D eigenvalue weighted by Gasteiger charge is 2.17. The molecule has 25 heavy (non-hydrogen) atoms. The zero-order valence-electron chi connectivity index (χ0n) is 13.6. The number of ether oxygens (including phenoxy) is 3. The molecule has 7 heteroatoms. The van der Waals surface area contributed by atoms with Gasteiger partial charge in [-0.15, -0.1) is 0 Å². The molecule has 1 aromatic heterocycles. The number of nitrogens with one attached hydrogen (secondary N) is 1. The summed E-state index contributed by atoms with van der Waals surface area (Å²) in [6.45, 7) is 1.93. The van der Waals surface area contributed by atoms with Crippen molar-refractivity contribution >= 4 is 18.0 Å². The van der Waals surface area contributed by atoms with Gasteiger partial charge in [0.25, 0.3) is 5.91 Å². The van der Waals surface area contributed by atoms with Gasteiger partial charge >= 0.3 is 5.97 Å². The molecule has 1 amide bonds. The van der Waals surface area contributed by atoms with Crippen LogP contribution in [0, 0.1) is 0 Å². The van der Waals surface area contributed by atoms with Crippen LogP contribution in [-0.2, 0) is 20.9 Å². The average molecular weight is 343 g/mol. The Morgan fingerprint density at radius 1 is 1.28 bits per heavy atom. The summed E-state index contributed by atoms with van der Waals surface area (Å²) >= 11 is 0. The Morgan fingerprint density at radius 3 is 2.92 bits per heavy atom. The van der Waals surface area contributed by atoms with Gasteiger partial charge in [0.2, 0.25) is 6.79 Å². The largest absolute Gasteiger partial charge is 0.467 e. The molecular weight excluding hydrogens is 326 g/mol. The molecule has 0 radical (unpaired) electrons. The molecule has 1 atom stereocenters. The van der Waals surface area contributed by atoms with Gasteiger partial charge in [0.05, 0.1) is 12.8 Å². The van der Waals surface area contributed by atoms with E-state index in [1.54, 1.807) is 36.4 Å². The normalized spacial score (nSPS) is 13.6. The SMILES string of the molecule is C[C@@H](OC(=O)/C=C/c1ccc2c(c1)OCO2)C(=O)NCc1ccco1. The maximum absolute atomic E-state index is 11.9. The molecular formula is C18H17NO6. The van der Waals surface area contributed by atoms with E-state index in [2.05, 4.69) is 5.32 Å². The third kappa shape index (κ3) is 4.41. The molecule has 1 N–H and O–H groups in total. The van der Waals surface area contributed by atoms with E-state index in [4.69, 9.17) is 18.6 Å². The van der Waals surface area contributed by atoms with Gasteiger partial charge in [-0.2, -0.15) is 0 Å². The number of hydrogen-bond donors (Lipinski definition) is 1. The molecule has 0 spiro atoms. The lowest BCUT2D eigenvalue weighted by Gasteiger charge is -2.11. The van der Waals surface area contributed by atoms with Crippen LogP contribution in [0.5, 0.6) is 11.5 Å². The lowest BCUT2D eigenvalue weighted by Crippen LogP contribution is -2.35. The van der Waals surface area contributed by atoms with Crippen LogP contribution in [0.1, 0.15) is 18.2 Å². The van der Waals surface area contributed by atoms with Gasteiger partial charge < -0.3 is 23.9 Å². The van der Waals surface area contributed by atoms with Crippen molar-refractivity contribution in [2.45, 2.75) is 19.6 Å². The van der Waals surface area contributed by atoms with Crippen molar-refractivity contribution in [1.29, 1.82) is 0 Å². The van der Waals surface area contributed by atoms with Crippen LogP contribution in [0.2, 0.25) is 0 Å². The molecule has 0 saturated heterocycles. The third-order valence-corrected chi connectivity index (χ3v) is 3.49. The zero-order valence-corrected chi connectivity index (χ0v) is 13.6. The number of carbonyl (C=O) groups excluding carboxylic acids is 2. The molecule has 0 unspecified atom stereocenters. The maximum Gasteiger partial charge on any atom is 0.331 e. The van der Waals surface area contributed by atoms with Crippen LogP contribution in [0.3, 0.4) is 0 Å². The van der Waals surface area contributed by atoms with Gasteiger partial charge in [-0.05, 0) is 42.8 Å². The lowest BCUT2D eigenvalue weighted by atomic mass is 10.2. The molecule has 0 saturated carbocycles. The highest BCUT2D eigenvalue weighted by atomic mass is 16.7. The van der Waals surface area contributed by atoms with Gasteiger partial charge in [-0.25, -0.2) is 4.79 Å². The smallest absolute Gasteiger partial charge is 0.331 e. The Morgan fingerprint density at radius 2 is 2.12 bits per heavy atom. The van der Waals surface area contributed by atoms with Crippen LogP contribution in [0.25, 0.3) is 6.08 Å². The van der Waals surface area contributed by atoms with Crippen molar-refractivity contribution < 1.29 is 28.2 Å². The van der Waals surface area contributed by atoms with Gasteiger partial charge in [0.15, 0.2) is 17.6 Å². The molecule has 2 aromatic rings. The highest BCUT2D eigenvalue weighted by Crippen LogP contribution is 2.32. The quantitative estimate of drug-likeness (QED) is 0.639. The topological polar surface area (TPSA) is 87.0 Å². The fraction of sp³-hybridized carbons (Fsp3) is 0.222. The summed E-state index contributed by atoms with van der Waals surface area (Å²) in [4.78, 5) is 23.7. The molecule has 0 fully saturated rings. The summed E-state index contributed by atoms with van der Waals surface area (Å²) in [6.07, 6.45) is 3.45. The van der Waals surface area contributed by atoms with Crippen LogP contribution in [0.4, 0.5) is 0 Å². The summed E-state index contributed by atoms with van der Waals surface area (Å²) < 4.78 is 20.7. The van der Waals surface area contributed by atoms with Crippen LogP contribution >= 0.6 is 0 Å². The number of amides is 1. The second-order valence-electron chi connectivity index (χ2n) is 5.32. The first-order valence-electron chi connectivity index (χ1n) is 7.70. The minimum absolute atomic E-state index is 0.190. The van der Waals surface area contributed by atoms with Gasteiger partial charge in [-0.3, -0.25) is 4.79 Å². The van der Waals surface area contributed by atoms with E-state index in [1.807, 2.05) is 0 Å². The lowest BCUT2D eigenvalue weighted by molar-refractivity contribution is -0.150. The van der Waals surface area contributed by atoms with Crippen LogP contribution in [0.15, 0.2) is 47.1 Å². The van der Waals surface area contributed by atoms with Crippen LogP contribution in [-0.4, -0.2) is 24.8 Å². The Balaban J connectivity index is 1.48. The number of fused-ring (bicyclic) bond motifs is 1. The summed E-state index contributed by atoms with van der Waals surface area (Å²) in [5.74, 6) is 0.900. The van der Waals surface area contributed by atoms with E-state index >= 15 is 0 Å². The van der Waals surface area contributed by atoms with Crippen molar-refractivity contribution in [2.24, 2.45) is 0 Å². The van der Waals surface area contributed by atoms with Gasteiger partial charge in [0.1, 0.15) is 5.76 Å². The Hall–Kier alpha value is -3.22. The standard InChI is InChI=1S/C18H17NO6/c1-12(18(21)19-10-14-3-2-8-22-14)25-17(20)7-5-13-4-6-15-16(9-13)24-11-23-15/h2-9,12H,10-11H2,1H3,(H,19,21)/b7-5+/t12-/m1/s1. The summed E-state index contributed by atoms with van der Waals surface area (Å²) in [5, 5.41) is 2.63. The van der Waals surface area contributed by atoms with E-state index < -0.39 is 18.0 Å². The number of hydrogen-bond acceptors (Lipinski definition) is 6. The Labute approximate surface area is 144 Å². The molecule has 3 rings (SSSR count). The number of benzene rings is 1. The van der Waals surface area contributed by atoms with E-state index in [0.29, 0.717) is 17.3 Å². The Kier molecular flexibility index (Phi) is 5.03. The van der Waals surface area contributed by atoms with E-state index in [9.17, 15) is 9.59 Å². The predicted octanol–water partition coefficient (Wildman–Crippen LogP) is 2.27. The average Bonchev–Trinajstić information content (AvgIpc) is 3.28. The Bertz CT molecular complexity index is 781. The second kappa shape index (κ2) is 7.57. The molecule has 2 heterocycles. The number of carbonyl (C=O) groups is 2. The van der Waals surface area contributed by atoms with Gasteiger partial charge in [0, 0.05) is 6.08 Å². The summed E-state index contributed by atoms with van der Waals surface area (Å²) in [7, 11) is 0. The minimum atomic E-state index is -0.913. The molecule has 130 valence electrons. The third-order valence-electron chi connectivity index (χ3n) is 3.49. The first-order valence-corrected chi connectivity index (χ1v) is 7.70. The molecule has 7 nitrogen and oxygen atoms in total. The fourth-order valence-corrected chi connectivity index (χ4v) is 2.18. The predicted molar refractivity (Wildman–Crippen MR) is 87.7 cm³/mol. The molecule has 1 aliphatic heterocycles. The number of rotatable bonds is 6. The van der Waals surface area contributed by atoms with Crippen molar-refractivity contribution in [3.63, 3.8) is 0 Å². The minimum Gasteiger partial charge on any atom is -0.467 e. The van der Waals surface area contributed by atoms with Crippen molar-refractivity contribution in [1.82, 2.24) is 5.32 Å². The van der Waals surface area contributed by atoms with Crippen LogP contribution < -0.4 is 14.8 Å². The molecule has 1 aromatic carbocycles. The number of furan rings is 1. The highest BCUT2D eigenvalue weighted by molar-refractivity contribution is 5.90. The maximum atomic E-state index is 11.9. The first-order chi connectivity index (χ1) is 12.1. The molecule has 0 bridgehead atoms. The van der Waals surface area contributed by atoms with Crippen molar-refractivity contribution in [3.05, 3.63) is 54.0 Å². The first kappa shape index (κ1) is 16.6. The summed E-state index contributed by atoms with van der Waals surface area (Å²) in [5.41, 5.74) is 0.760. The fourth-order valence-electron chi connectivity index (χ4n) is 2.18. The monoisotopic (exact) mass is 343 g/mol. The zero-order chi connectivity index (χ0) is 17.6. The van der Waals surface area contributed by atoms with E-state index in [-0.39, 0.29) is 13.3 Å². The molecule has 0 aliphatic carbocycles. The molecule has 1 aliphatic rings. The van der Waals surface area contributed by atoms with E-state index in [1.165, 1.54) is 19.3 Å². The van der Waals surface area contributed by atoms with Crippen molar-refractivity contribution in [2.75, 3.05) is 6.79 Å². The van der Waals surface area contributed by atoms with Gasteiger partial charge in [-0.1, -0.05) is 6.07 Å². The van der Waals surface area contributed by atoms with E-state index in [0.717, 1.165) is 5.56 Å². The second-order valence-corrected chi connectivity index (χ2v) is 5.32.